The van der Waals surface area contributed by atoms with Crippen molar-refractivity contribution < 1.29 is 43.4 Å². The zero-order valence-electron chi connectivity index (χ0n) is 8.17. The maximum atomic E-state index is 12.8. The zero-order valence-corrected chi connectivity index (χ0v) is 13.8. The summed E-state index contributed by atoms with van der Waals surface area (Å²) in [4.78, 5) is 0. The summed E-state index contributed by atoms with van der Waals surface area (Å²) in [7, 11) is -11.7. The Kier molecular flexibility index (Phi) is 6.50. The van der Waals surface area contributed by atoms with Gasteiger partial charge in [-0.15, -0.1) is 0 Å². The van der Waals surface area contributed by atoms with Crippen LogP contribution >= 0.6 is 0 Å². The first-order valence-corrected chi connectivity index (χ1v) is 9.22. The van der Waals surface area contributed by atoms with Crippen LogP contribution < -0.4 is 0 Å². The molecule has 0 saturated heterocycles. The first kappa shape index (κ1) is 17.2. The van der Waals surface area contributed by atoms with Gasteiger partial charge < -0.3 is 8.23 Å². The van der Waals surface area contributed by atoms with Crippen molar-refractivity contribution >= 4 is 39.1 Å². The van der Waals surface area contributed by atoms with Crippen molar-refractivity contribution in [3.8, 4) is 0 Å². The number of hydrogen-bond acceptors (Lipinski definition) is 2. The Morgan fingerprint density at radius 2 is 0.824 bits per heavy atom. The summed E-state index contributed by atoms with van der Waals surface area (Å²) in [6.45, 7) is 0. The summed E-state index contributed by atoms with van der Waals surface area (Å²) in [5.74, 6) is -9.15. The molecule has 0 unspecified atom stereocenters. The van der Waals surface area contributed by atoms with E-state index in [0.717, 1.165) is 0 Å². The predicted molar refractivity (Wildman–Crippen MR) is 53.4 cm³/mol. The van der Waals surface area contributed by atoms with Crippen LogP contribution in [0.5, 0.6) is 0 Å². The molecule has 0 aromatic heterocycles. The maximum absolute atomic E-state index is 12.8. The molecule has 0 heterocycles. The van der Waals surface area contributed by atoms with E-state index in [1.807, 2.05) is 0 Å². The summed E-state index contributed by atoms with van der Waals surface area (Å²) in [6.07, 6.45) is 0. The Labute approximate surface area is 99.8 Å². The molecule has 0 N–H and O–H groups in total. The van der Waals surface area contributed by atoms with Crippen molar-refractivity contribution in [2.75, 3.05) is 0 Å². The summed E-state index contributed by atoms with van der Waals surface area (Å²) in [6, 6.07) is 0. The van der Waals surface area contributed by atoms with Gasteiger partial charge in [0, 0.05) is 0 Å². The molecule has 0 saturated carbocycles. The topological polar surface area (TPSA) is 18.5 Å². The quantitative estimate of drug-likeness (QED) is 0.454. The molecule has 0 fully saturated rings. The molecule has 0 amide bonds. The average Bonchev–Trinajstić information content (AvgIpc) is 1.96. The van der Waals surface area contributed by atoms with E-state index >= 15 is 0 Å². The largest absolute Gasteiger partial charge is 0.454 e. The Morgan fingerprint density at radius 1 is 0.529 bits per heavy atom. The van der Waals surface area contributed by atoms with Crippen LogP contribution in [0.25, 0.3) is 0 Å². The summed E-state index contributed by atoms with van der Waals surface area (Å²) in [5.41, 5.74) is 0. The summed E-state index contributed by atoms with van der Waals surface area (Å²) in [5, 5.41) is -3.56. The molecule has 2 nitrogen and oxygen atoms in total. The number of halogens is 8. The fraction of sp³-hybridized carbons (Fsp3) is 1.00. The van der Waals surface area contributed by atoms with Gasteiger partial charge in [0.05, 0.1) is 0 Å². The lowest BCUT2D eigenvalue weighted by Crippen LogP contribution is -2.40. The molecule has 0 radical (unpaired) electrons. The highest BCUT2D eigenvalue weighted by atomic mass is 28.4. The fourth-order valence-corrected chi connectivity index (χ4v) is 8.66. The third-order valence-electron chi connectivity index (χ3n) is 1.16. The standard InChI is InChI=1S/C3H8F8O2Si4/c4-1(5,6)14-12-16-3(10,11)17-13-15-2(7,8)9/h14-17H2. The van der Waals surface area contributed by atoms with E-state index in [9.17, 15) is 35.1 Å². The van der Waals surface area contributed by atoms with Crippen molar-refractivity contribution in [3.63, 3.8) is 0 Å². The molecule has 0 aliphatic heterocycles. The van der Waals surface area contributed by atoms with Crippen LogP contribution in [0.2, 0.25) is 0 Å². The van der Waals surface area contributed by atoms with Crippen molar-refractivity contribution in [1.82, 2.24) is 0 Å². The Morgan fingerprint density at radius 3 is 1.06 bits per heavy atom. The highest BCUT2D eigenvalue weighted by Gasteiger charge is 2.37. The normalized spacial score (nSPS) is 16.9. The van der Waals surface area contributed by atoms with Gasteiger partial charge in [-0.25, -0.2) is 8.78 Å². The van der Waals surface area contributed by atoms with Gasteiger partial charge >= 0.3 is 11.6 Å². The van der Waals surface area contributed by atoms with E-state index in [0.29, 0.717) is 0 Å². The van der Waals surface area contributed by atoms with Crippen LogP contribution in [0.3, 0.4) is 0 Å². The van der Waals surface area contributed by atoms with Crippen molar-refractivity contribution in [3.05, 3.63) is 0 Å². The number of hydrogen-bond donors (Lipinski definition) is 0. The summed E-state index contributed by atoms with van der Waals surface area (Å²) >= 11 is 0. The molecule has 0 rings (SSSR count). The lowest BCUT2D eigenvalue weighted by atomic mass is 11.5. The molecular weight excluding hydrogens is 332 g/mol. The summed E-state index contributed by atoms with van der Waals surface area (Å²) < 4.78 is 103. The van der Waals surface area contributed by atoms with E-state index in [-0.39, 0.29) is 0 Å². The van der Waals surface area contributed by atoms with Gasteiger partial charge in [-0.2, -0.15) is 26.3 Å². The second-order valence-electron chi connectivity index (χ2n) is 3.07. The first-order valence-electron chi connectivity index (χ1n) is 4.08. The molecule has 17 heavy (non-hydrogen) atoms. The molecule has 14 heteroatoms. The highest BCUT2D eigenvalue weighted by molar-refractivity contribution is 6.60. The lowest BCUT2D eigenvalue weighted by molar-refractivity contribution is -0.0552. The average molecular weight is 340 g/mol. The van der Waals surface area contributed by atoms with Crippen LogP contribution in [0.15, 0.2) is 0 Å². The van der Waals surface area contributed by atoms with Gasteiger partial charge in [-0.05, 0) is 0 Å². The monoisotopic (exact) mass is 340 g/mol. The Hall–Kier alpha value is 0.228. The van der Waals surface area contributed by atoms with E-state index in [1.54, 1.807) is 0 Å². The molecule has 0 atom stereocenters. The smallest absolute Gasteiger partial charge is 0.381 e. The minimum absolute atomic E-state index is 2.80. The van der Waals surface area contributed by atoms with Crippen LogP contribution in [0.4, 0.5) is 35.1 Å². The van der Waals surface area contributed by atoms with Crippen molar-refractivity contribution in [2.45, 2.75) is 16.8 Å². The van der Waals surface area contributed by atoms with Crippen molar-refractivity contribution in [2.24, 2.45) is 0 Å². The Balaban J connectivity index is 3.81. The molecule has 0 spiro atoms. The van der Waals surface area contributed by atoms with E-state index in [2.05, 4.69) is 8.23 Å². The fourth-order valence-electron chi connectivity index (χ4n) is 0.674. The predicted octanol–water partition coefficient (Wildman–Crippen LogP) is -1.06. The first-order chi connectivity index (χ1) is 7.41. The highest BCUT2D eigenvalue weighted by Crippen LogP contribution is 2.17. The van der Waals surface area contributed by atoms with Gasteiger partial charge in [0.2, 0.25) is 19.5 Å². The molecular formula is C3H8F8O2Si4. The molecule has 104 valence electrons. The van der Waals surface area contributed by atoms with Crippen LogP contribution in [-0.2, 0) is 8.23 Å². The Bertz CT molecular complexity index is 206. The number of rotatable bonds is 6. The minimum atomic E-state index is -4.58. The van der Waals surface area contributed by atoms with Crippen LogP contribution in [-0.4, -0.2) is 55.8 Å². The second kappa shape index (κ2) is 6.41. The van der Waals surface area contributed by atoms with E-state index in [4.69, 9.17) is 0 Å². The third-order valence-corrected chi connectivity index (χ3v) is 7.15. The van der Waals surface area contributed by atoms with Crippen molar-refractivity contribution in [1.29, 1.82) is 0 Å². The molecule has 0 aliphatic carbocycles. The second-order valence-corrected chi connectivity index (χ2v) is 12.2. The van der Waals surface area contributed by atoms with Gasteiger partial charge in [0.25, 0.3) is 24.7 Å². The van der Waals surface area contributed by atoms with E-state index in [1.165, 1.54) is 0 Å². The SMILES string of the molecule is FC(F)(F)[SiH2]O[SiH2]C(F)(F)[SiH2]O[SiH2]C(F)(F)F. The molecule has 0 aromatic carbocycles. The number of alkyl halides is 8. The maximum Gasteiger partial charge on any atom is 0.381 e. The van der Waals surface area contributed by atoms with E-state index < -0.39 is 55.8 Å². The van der Waals surface area contributed by atoms with Gasteiger partial charge in [-0.1, -0.05) is 0 Å². The molecule has 0 aliphatic rings. The minimum Gasteiger partial charge on any atom is -0.454 e. The van der Waals surface area contributed by atoms with Crippen LogP contribution in [0.1, 0.15) is 0 Å². The van der Waals surface area contributed by atoms with Crippen LogP contribution in [0, 0.1) is 0 Å². The molecule has 0 bridgehead atoms. The van der Waals surface area contributed by atoms with Gasteiger partial charge in [0.1, 0.15) is 0 Å². The lowest BCUT2D eigenvalue weighted by Gasteiger charge is -2.17. The van der Waals surface area contributed by atoms with Gasteiger partial charge in [-0.3, -0.25) is 0 Å². The zero-order chi connectivity index (χ0) is 13.7. The molecule has 0 aromatic rings. The van der Waals surface area contributed by atoms with Gasteiger partial charge in [0.15, 0.2) is 0 Å². The third kappa shape index (κ3) is 12.5.